The number of nitrogens with two attached hydrogens (primary N) is 1. The fourth-order valence-corrected chi connectivity index (χ4v) is 2.85. The molecule has 1 aliphatic heterocycles. The highest BCUT2D eigenvalue weighted by Crippen LogP contribution is 2.33. The van der Waals surface area contributed by atoms with Gasteiger partial charge in [0.25, 0.3) is 0 Å². The molecule has 2 nitrogen and oxygen atoms in total. The predicted octanol–water partition coefficient (Wildman–Crippen LogP) is 3.84. The van der Waals surface area contributed by atoms with E-state index in [9.17, 15) is 0 Å². The number of halogens is 1. The molecular formula is C15H23ClN2. The molecule has 100 valence electrons. The number of rotatable bonds is 2. The molecule has 18 heavy (non-hydrogen) atoms. The van der Waals surface area contributed by atoms with E-state index in [0.717, 1.165) is 41.2 Å². The first kappa shape index (κ1) is 13.7. The minimum Gasteiger partial charge on any atom is -0.370 e. The van der Waals surface area contributed by atoms with E-state index in [1.165, 1.54) is 6.42 Å². The lowest BCUT2D eigenvalue weighted by Gasteiger charge is -2.37. The maximum absolute atomic E-state index is 6.39. The minimum absolute atomic E-state index is 0.0388. The third-order valence-electron chi connectivity index (χ3n) is 4.17. The summed E-state index contributed by atoms with van der Waals surface area (Å²) < 4.78 is 0. The molecule has 1 aromatic rings. The number of hydrogen-bond acceptors (Lipinski definition) is 2. The molecule has 0 saturated carbocycles. The molecule has 1 heterocycles. The second-order valence-electron chi connectivity index (χ2n) is 5.69. The van der Waals surface area contributed by atoms with Gasteiger partial charge in [0.05, 0.1) is 10.7 Å². The van der Waals surface area contributed by atoms with Crippen LogP contribution in [0, 0.1) is 11.8 Å². The van der Waals surface area contributed by atoms with Gasteiger partial charge in [0.1, 0.15) is 0 Å². The van der Waals surface area contributed by atoms with E-state index in [0.29, 0.717) is 0 Å². The molecule has 0 aromatic heterocycles. The van der Waals surface area contributed by atoms with Crippen LogP contribution >= 0.6 is 11.6 Å². The molecule has 3 heteroatoms. The molecular weight excluding hydrogens is 244 g/mol. The molecule has 3 atom stereocenters. The van der Waals surface area contributed by atoms with Gasteiger partial charge >= 0.3 is 0 Å². The van der Waals surface area contributed by atoms with E-state index >= 15 is 0 Å². The highest BCUT2D eigenvalue weighted by atomic mass is 35.5. The molecule has 0 bridgehead atoms. The van der Waals surface area contributed by atoms with Gasteiger partial charge in [-0.1, -0.05) is 31.5 Å². The minimum atomic E-state index is 0.0388. The molecule has 1 saturated heterocycles. The molecule has 1 fully saturated rings. The van der Waals surface area contributed by atoms with E-state index in [-0.39, 0.29) is 6.04 Å². The highest BCUT2D eigenvalue weighted by Gasteiger charge is 2.24. The summed E-state index contributed by atoms with van der Waals surface area (Å²) >= 11 is 6.39. The lowest BCUT2D eigenvalue weighted by Crippen LogP contribution is -2.38. The second kappa shape index (κ2) is 5.50. The van der Waals surface area contributed by atoms with Crippen molar-refractivity contribution in [3.63, 3.8) is 0 Å². The highest BCUT2D eigenvalue weighted by molar-refractivity contribution is 6.33. The van der Waals surface area contributed by atoms with Gasteiger partial charge in [-0.3, -0.25) is 0 Å². The van der Waals surface area contributed by atoms with Gasteiger partial charge in [-0.05, 0) is 42.9 Å². The molecule has 0 spiro atoms. The monoisotopic (exact) mass is 266 g/mol. The maximum Gasteiger partial charge on any atom is 0.0642 e. The molecule has 0 aliphatic carbocycles. The Kier molecular flexibility index (Phi) is 4.18. The van der Waals surface area contributed by atoms with Gasteiger partial charge in [0.15, 0.2) is 0 Å². The quantitative estimate of drug-likeness (QED) is 0.881. The van der Waals surface area contributed by atoms with Crippen LogP contribution in [0.25, 0.3) is 0 Å². The first-order chi connectivity index (χ1) is 8.49. The summed E-state index contributed by atoms with van der Waals surface area (Å²) in [4.78, 5) is 2.40. The predicted molar refractivity (Wildman–Crippen MR) is 79.2 cm³/mol. The van der Waals surface area contributed by atoms with Crippen molar-refractivity contribution in [1.82, 2.24) is 0 Å². The summed E-state index contributed by atoms with van der Waals surface area (Å²) in [6, 6.07) is 6.25. The van der Waals surface area contributed by atoms with Crippen LogP contribution in [0.15, 0.2) is 18.2 Å². The number of benzene rings is 1. The van der Waals surface area contributed by atoms with Crippen LogP contribution in [-0.4, -0.2) is 13.1 Å². The van der Waals surface area contributed by atoms with Crippen molar-refractivity contribution in [2.45, 2.75) is 33.2 Å². The van der Waals surface area contributed by atoms with Gasteiger partial charge in [-0.25, -0.2) is 0 Å². The Morgan fingerprint density at radius 2 is 2.06 bits per heavy atom. The van der Waals surface area contributed by atoms with E-state index in [4.69, 9.17) is 17.3 Å². The number of anilines is 1. The van der Waals surface area contributed by atoms with E-state index in [1.54, 1.807) is 0 Å². The first-order valence-corrected chi connectivity index (χ1v) is 7.16. The lowest BCUT2D eigenvalue weighted by atomic mass is 9.88. The fourth-order valence-electron chi connectivity index (χ4n) is 2.54. The molecule has 2 unspecified atom stereocenters. The summed E-state index contributed by atoms with van der Waals surface area (Å²) in [5, 5.41) is 0.826. The zero-order chi connectivity index (χ0) is 13.3. The number of nitrogens with zero attached hydrogens (tertiary/aromatic N) is 1. The summed E-state index contributed by atoms with van der Waals surface area (Å²) in [6.45, 7) is 8.83. The van der Waals surface area contributed by atoms with Crippen LogP contribution in [0.2, 0.25) is 5.02 Å². The summed E-state index contributed by atoms with van der Waals surface area (Å²) in [5.74, 6) is 1.53. The Morgan fingerprint density at radius 1 is 1.33 bits per heavy atom. The van der Waals surface area contributed by atoms with Crippen molar-refractivity contribution < 1.29 is 0 Å². The number of hydrogen-bond donors (Lipinski definition) is 1. The van der Waals surface area contributed by atoms with Gasteiger partial charge in [0, 0.05) is 19.1 Å². The third-order valence-corrected chi connectivity index (χ3v) is 4.48. The van der Waals surface area contributed by atoms with Crippen molar-refractivity contribution in [1.29, 1.82) is 0 Å². The first-order valence-electron chi connectivity index (χ1n) is 6.79. The molecule has 1 aromatic carbocycles. The van der Waals surface area contributed by atoms with Crippen molar-refractivity contribution in [3.05, 3.63) is 28.8 Å². The summed E-state index contributed by atoms with van der Waals surface area (Å²) in [6.07, 6.45) is 1.24. The summed E-state index contributed by atoms with van der Waals surface area (Å²) in [5.41, 5.74) is 8.13. The summed E-state index contributed by atoms with van der Waals surface area (Å²) in [7, 11) is 0. The van der Waals surface area contributed by atoms with E-state index in [2.05, 4.69) is 30.9 Å². The average molecular weight is 267 g/mol. The normalized spacial score (nSPS) is 26.2. The Balaban J connectivity index is 2.19. The van der Waals surface area contributed by atoms with Crippen molar-refractivity contribution >= 4 is 17.3 Å². The Bertz CT molecular complexity index is 417. The van der Waals surface area contributed by atoms with Gasteiger partial charge < -0.3 is 10.6 Å². The maximum atomic E-state index is 6.39. The van der Waals surface area contributed by atoms with Crippen LogP contribution in [0.3, 0.4) is 0 Å². The van der Waals surface area contributed by atoms with E-state index < -0.39 is 0 Å². The largest absolute Gasteiger partial charge is 0.370 e. The average Bonchev–Trinajstić information content (AvgIpc) is 2.32. The van der Waals surface area contributed by atoms with Crippen LogP contribution in [0.1, 0.15) is 38.8 Å². The van der Waals surface area contributed by atoms with Crippen molar-refractivity contribution in [2.24, 2.45) is 17.6 Å². The lowest BCUT2D eigenvalue weighted by molar-refractivity contribution is 0.324. The zero-order valence-corrected chi connectivity index (χ0v) is 12.2. The molecule has 0 amide bonds. The molecule has 2 rings (SSSR count). The molecule has 1 aliphatic rings. The van der Waals surface area contributed by atoms with Crippen molar-refractivity contribution in [3.8, 4) is 0 Å². The van der Waals surface area contributed by atoms with Crippen LogP contribution in [0.5, 0.6) is 0 Å². The Hall–Kier alpha value is -0.730. The fraction of sp³-hybridized carbons (Fsp3) is 0.600. The van der Waals surface area contributed by atoms with Crippen molar-refractivity contribution in [2.75, 3.05) is 18.0 Å². The van der Waals surface area contributed by atoms with Gasteiger partial charge in [-0.15, -0.1) is 0 Å². The third kappa shape index (κ3) is 2.81. The smallest absolute Gasteiger partial charge is 0.0642 e. The standard InChI is InChI=1S/C15H23ClN2/c1-10-6-7-18(9-11(10)2)15-5-4-13(12(3)17)8-14(15)16/h4-5,8,10-12H,6-7,9,17H2,1-3H3/t10?,11?,12-/m1/s1. The van der Waals surface area contributed by atoms with Crippen LogP contribution in [0.4, 0.5) is 5.69 Å². The van der Waals surface area contributed by atoms with Crippen LogP contribution < -0.4 is 10.6 Å². The van der Waals surface area contributed by atoms with E-state index in [1.807, 2.05) is 13.0 Å². The zero-order valence-electron chi connectivity index (χ0n) is 11.5. The van der Waals surface area contributed by atoms with Gasteiger partial charge in [0.2, 0.25) is 0 Å². The second-order valence-corrected chi connectivity index (χ2v) is 6.10. The SMILES string of the molecule is CC1CCN(c2ccc([C@@H](C)N)cc2Cl)CC1C. The van der Waals surface area contributed by atoms with Crippen LogP contribution in [-0.2, 0) is 0 Å². The van der Waals surface area contributed by atoms with Gasteiger partial charge in [-0.2, -0.15) is 0 Å². The Labute approximate surface area is 115 Å². The Morgan fingerprint density at radius 3 is 2.61 bits per heavy atom. The molecule has 2 N–H and O–H groups in total. The topological polar surface area (TPSA) is 29.3 Å². The molecule has 0 radical (unpaired) electrons. The number of piperidine rings is 1.